The van der Waals surface area contributed by atoms with E-state index in [0.29, 0.717) is 12.8 Å². The van der Waals surface area contributed by atoms with E-state index >= 15 is 0 Å². The summed E-state index contributed by atoms with van der Waals surface area (Å²) in [4.78, 5) is 24.4. The van der Waals surface area contributed by atoms with Crippen LogP contribution in [0, 0.1) is 0 Å². The molecule has 0 rings (SSSR count). The van der Waals surface area contributed by atoms with Crippen molar-refractivity contribution in [2.75, 3.05) is 13.2 Å². The van der Waals surface area contributed by atoms with Crippen LogP contribution in [0.25, 0.3) is 0 Å². The summed E-state index contributed by atoms with van der Waals surface area (Å²) in [5.41, 5.74) is 0. The molecule has 1 atom stereocenters. The number of esters is 2. The predicted octanol–water partition coefficient (Wildman–Crippen LogP) is 16.6. The topological polar surface area (TPSA) is 72.8 Å². The van der Waals surface area contributed by atoms with Crippen molar-refractivity contribution in [1.82, 2.24) is 0 Å². The number of aliphatic hydroxyl groups excluding tert-OH is 1. The minimum atomic E-state index is -0.775. The third-order valence-corrected chi connectivity index (χ3v) is 11.5. The maximum Gasteiger partial charge on any atom is 0.306 e. The van der Waals surface area contributed by atoms with E-state index < -0.39 is 6.10 Å². The van der Waals surface area contributed by atoms with Gasteiger partial charge < -0.3 is 14.6 Å². The van der Waals surface area contributed by atoms with Gasteiger partial charge in [0.25, 0.3) is 0 Å². The van der Waals surface area contributed by atoms with Crippen molar-refractivity contribution in [3.63, 3.8) is 0 Å². The van der Waals surface area contributed by atoms with E-state index in [9.17, 15) is 14.7 Å². The molecule has 0 amide bonds. The summed E-state index contributed by atoms with van der Waals surface area (Å²) in [5.74, 6) is -0.593. The highest BCUT2D eigenvalue weighted by atomic mass is 16.6. The molecule has 0 aromatic heterocycles. The number of unbranched alkanes of at least 4 members (excludes halogenated alkanes) is 35. The normalized spacial score (nSPS) is 12.3. The van der Waals surface area contributed by atoms with Crippen LogP contribution in [0.1, 0.15) is 277 Å². The zero-order valence-electron chi connectivity index (χ0n) is 38.4. The van der Waals surface area contributed by atoms with Crippen LogP contribution in [0.5, 0.6) is 0 Å². The first kappa shape index (κ1) is 55.4. The summed E-state index contributed by atoms with van der Waals surface area (Å²) in [6.07, 6.45) is 60.0. The molecule has 0 radical (unpaired) electrons. The van der Waals surface area contributed by atoms with Gasteiger partial charge in [0.1, 0.15) is 6.61 Å². The van der Waals surface area contributed by atoms with Gasteiger partial charge in [-0.05, 0) is 44.9 Å². The SMILES string of the molecule is CCCCC/C=C\C/C=C\CCCCCCCC(=O)OC(CO)COC(=O)CCCCCCCCCCCCCCCCCCCCCCCCCCCCCC. The average Bonchev–Trinajstić information content (AvgIpc) is 3.21. The number of hydrogen-bond donors (Lipinski definition) is 1. The predicted molar refractivity (Wildman–Crippen MR) is 247 cm³/mol. The monoisotopic (exact) mass is 803 g/mol. The van der Waals surface area contributed by atoms with Crippen molar-refractivity contribution in [3.05, 3.63) is 24.3 Å². The Bertz CT molecular complexity index is 867. The standard InChI is InChI=1S/C52H98O5/c1-3-5-7-9-11-13-15-17-19-20-21-22-23-24-25-26-27-28-29-30-31-33-34-36-38-40-42-44-46-51(54)56-49-50(48-53)57-52(55)47-45-43-41-39-37-35-32-18-16-14-12-10-8-6-4-2/h12,14,18,32,50,53H,3-11,13,15-17,19-31,33-49H2,1-2H3/b14-12-,32-18-. The van der Waals surface area contributed by atoms with Gasteiger partial charge in [0, 0.05) is 12.8 Å². The first-order valence-electron chi connectivity index (χ1n) is 25.4. The van der Waals surface area contributed by atoms with Crippen molar-refractivity contribution in [1.29, 1.82) is 0 Å². The summed E-state index contributed by atoms with van der Waals surface area (Å²) in [6, 6.07) is 0. The van der Waals surface area contributed by atoms with Gasteiger partial charge in [-0.2, -0.15) is 0 Å². The largest absolute Gasteiger partial charge is 0.462 e. The molecule has 0 saturated heterocycles. The fourth-order valence-corrected chi connectivity index (χ4v) is 7.65. The Morgan fingerprint density at radius 2 is 0.702 bits per heavy atom. The molecule has 0 saturated carbocycles. The molecule has 1 unspecified atom stereocenters. The zero-order valence-corrected chi connectivity index (χ0v) is 38.4. The molecule has 1 N–H and O–H groups in total. The Kier molecular flexibility index (Phi) is 47.4. The van der Waals surface area contributed by atoms with E-state index in [0.717, 1.165) is 51.4 Å². The molecular formula is C52H98O5. The zero-order chi connectivity index (χ0) is 41.4. The number of hydrogen-bond acceptors (Lipinski definition) is 5. The van der Waals surface area contributed by atoms with Gasteiger partial charge in [0.2, 0.25) is 0 Å². The Morgan fingerprint density at radius 3 is 1.07 bits per heavy atom. The Labute approximate surface area is 355 Å². The first-order valence-corrected chi connectivity index (χ1v) is 25.4. The molecule has 0 bridgehead atoms. The number of ether oxygens (including phenoxy) is 2. The molecule has 57 heavy (non-hydrogen) atoms. The van der Waals surface area contributed by atoms with Crippen molar-refractivity contribution < 1.29 is 24.2 Å². The first-order chi connectivity index (χ1) is 28.1. The van der Waals surface area contributed by atoms with Gasteiger partial charge in [-0.1, -0.05) is 244 Å². The van der Waals surface area contributed by atoms with Crippen LogP contribution in [0.2, 0.25) is 0 Å². The van der Waals surface area contributed by atoms with Crippen LogP contribution in [-0.2, 0) is 19.1 Å². The van der Waals surface area contributed by atoms with E-state index in [4.69, 9.17) is 9.47 Å². The Balaban J connectivity index is 3.42. The van der Waals surface area contributed by atoms with Crippen LogP contribution in [0.3, 0.4) is 0 Å². The lowest BCUT2D eigenvalue weighted by molar-refractivity contribution is -0.161. The Hall–Kier alpha value is -1.62. The highest BCUT2D eigenvalue weighted by Gasteiger charge is 2.16. The minimum absolute atomic E-state index is 0.0667. The molecule has 5 heteroatoms. The van der Waals surface area contributed by atoms with Crippen molar-refractivity contribution in [3.8, 4) is 0 Å². The van der Waals surface area contributed by atoms with Crippen LogP contribution in [-0.4, -0.2) is 36.4 Å². The maximum atomic E-state index is 12.2. The molecule has 0 aliphatic heterocycles. The molecule has 5 nitrogen and oxygen atoms in total. The Morgan fingerprint density at radius 1 is 0.404 bits per heavy atom. The number of carbonyl (C=O) groups excluding carboxylic acids is 2. The number of aliphatic hydroxyl groups is 1. The van der Waals surface area contributed by atoms with Crippen molar-refractivity contribution >= 4 is 11.9 Å². The minimum Gasteiger partial charge on any atom is -0.462 e. The fourth-order valence-electron chi connectivity index (χ4n) is 7.65. The molecule has 0 heterocycles. The van der Waals surface area contributed by atoms with Crippen molar-refractivity contribution in [2.24, 2.45) is 0 Å². The molecule has 0 aromatic rings. The van der Waals surface area contributed by atoms with Crippen molar-refractivity contribution in [2.45, 2.75) is 283 Å². The van der Waals surface area contributed by atoms with E-state index in [-0.39, 0.29) is 25.2 Å². The number of allylic oxidation sites excluding steroid dienone is 4. The fraction of sp³-hybridized carbons (Fsp3) is 0.885. The number of carbonyl (C=O) groups is 2. The summed E-state index contributed by atoms with van der Waals surface area (Å²) in [7, 11) is 0. The van der Waals surface area contributed by atoms with Crippen LogP contribution in [0.4, 0.5) is 0 Å². The summed E-state index contributed by atoms with van der Waals surface area (Å²) in [6.45, 7) is 4.14. The van der Waals surface area contributed by atoms with Crippen LogP contribution >= 0.6 is 0 Å². The highest BCUT2D eigenvalue weighted by molar-refractivity contribution is 5.70. The lowest BCUT2D eigenvalue weighted by Gasteiger charge is -2.15. The quantitative estimate of drug-likeness (QED) is 0.0377. The van der Waals surface area contributed by atoms with E-state index in [1.165, 1.54) is 199 Å². The molecule has 0 spiro atoms. The second-order valence-electron chi connectivity index (χ2n) is 17.3. The highest BCUT2D eigenvalue weighted by Crippen LogP contribution is 2.17. The van der Waals surface area contributed by atoms with Gasteiger partial charge >= 0.3 is 11.9 Å². The molecule has 336 valence electrons. The summed E-state index contributed by atoms with van der Waals surface area (Å²) >= 11 is 0. The second kappa shape index (κ2) is 48.7. The third-order valence-electron chi connectivity index (χ3n) is 11.5. The lowest BCUT2D eigenvalue weighted by atomic mass is 10.0. The van der Waals surface area contributed by atoms with E-state index in [2.05, 4.69) is 38.2 Å². The third kappa shape index (κ3) is 46.9. The molecule has 0 aliphatic rings. The van der Waals surface area contributed by atoms with Gasteiger partial charge in [-0.3, -0.25) is 9.59 Å². The molecule has 0 fully saturated rings. The lowest BCUT2D eigenvalue weighted by Crippen LogP contribution is -2.28. The molecular weight excluding hydrogens is 705 g/mol. The van der Waals surface area contributed by atoms with Gasteiger partial charge in [-0.25, -0.2) is 0 Å². The molecule has 0 aliphatic carbocycles. The average molecular weight is 803 g/mol. The van der Waals surface area contributed by atoms with Gasteiger partial charge in [0.05, 0.1) is 6.61 Å². The molecule has 0 aromatic carbocycles. The van der Waals surface area contributed by atoms with E-state index in [1.807, 2.05) is 0 Å². The van der Waals surface area contributed by atoms with Crippen LogP contribution < -0.4 is 0 Å². The van der Waals surface area contributed by atoms with Crippen LogP contribution in [0.15, 0.2) is 24.3 Å². The smallest absolute Gasteiger partial charge is 0.306 e. The van der Waals surface area contributed by atoms with Gasteiger partial charge in [-0.15, -0.1) is 0 Å². The maximum absolute atomic E-state index is 12.2. The van der Waals surface area contributed by atoms with Gasteiger partial charge in [0.15, 0.2) is 6.10 Å². The number of rotatable bonds is 47. The van der Waals surface area contributed by atoms with E-state index in [1.54, 1.807) is 0 Å². The second-order valence-corrected chi connectivity index (χ2v) is 17.3. The summed E-state index contributed by atoms with van der Waals surface area (Å²) in [5, 5.41) is 9.60. The summed E-state index contributed by atoms with van der Waals surface area (Å²) < 4.78 is 10.7.